The van der Waals surface area contributed by atoms with Crippen LogP contribution in [0.4, 0.5) is 0 Å². The van der Waals surface area contributed by atoms with Gasteiger partial charge in [0, 0.05) is 16.9 Å². The third kappa shape index (κ3) is 3.68. The molecule has 0 bridgehead atoms. The maximum absolute atomic E-state index is 11.1. The second-order valence-electron chi connectivity index (χ2n) is 2.95. The summed E-state index contributed by atoms with van der Waals surface area (Å²) in [7, 11) is 1.44. The Kier molecular flexibility index (Phi) is 4.35. The van der Waals surface area contributed by atoms with Crippen LogP contribution in [0.5, 0.6) is 5.88 Å². The van der Waals surface area contributed by atoms with Crippen LogP contribution in [0.15, 0.2) is 23.2 Å². The molecule has 84 valence electrons. The maximum atomic E-state index is 11.1. The van der Waals surface area contributed by atoms with E-state index in [1.165, 1.54) is 18.3 Å². The lowest BCUT2D eigenvalue weighted by atomic mass is 10.4. The molecule has 0 aliphatic heterocycles. The number of unbranched alkanes of at least 4 members (excludes halogenated alkanes) is 1. The molecular weight excluding hydrogens is 238 g/mol. The summed E-state index contributed by atoms with van der Waals surface area (Å²) >= 11 is 0. The van der Waals surface area contributed by atoms with Gasteiger partial charge in [-0.3, -0.25) is 0 Å². The first-order valence-corrected chi connectivity index (χ1v) is 6.89. The molecule has 15 heavy (non-hydrogen) atoms. The van der Waals surface area contributed by atoms with Crippen LogP contribution in [-0.2, 0) is 9.05 Å². The van der Waals surface area contributed by atoms with Gasteiger partial charge in [0.1, 0.15) is 4.90 Å². The van der Waals surface area contributed by atoms with E-state index in [2.05, 4.69) is 4.98 Å². The Morgan fingerprint density at radius 3 is 2.87 bits per heavy atom. The second-order valence-corrected chi connectivity index (χ2v) is 5.48. The molecule has 0 aromatic carbocycles. The van der Waals surface area contributed by atoms with Gasteiger partial charge in [-0.1, -0.05) is 13.3 Å². The van der Waals surface area contributed by atoms with Crippen molar-refractivity contribution >= 4 is 19.7 Å². The Labute approximate surface area is 93.7 Å². The van der Waals surface area contributed by atoms with Crippen LogP contribution in [0.1, 0.15) is 19.8 Å². The molecule has 1 aromatic rings. The van der Waals surface area contributed by atoms with Gasteiger partial charge in [-0.25, -0.2) is 13.4 Å². The fraction of sp³-hybridized carbons (Fsp3) is 0.444. The lowest BCUT2D eigenvalue weighted by molar-refractivity contribution is 0.289. The Morgan fingerprint density at radius 1 is 1.53 bits per heavy atom. The van der Waals surface area contributed by atoms with E-state index >= 15 is 0 Å². The fourth-order valence-electron chi connectivity index (χ4n) is 0.983. The van der Waals surface area contributed by atoms with Crippen molar-refractivity contribution in [2.45, 2.75) is 24.7 Å². The minimum Gasteiger partial charge on any atom is -0.477 e. The third-order valence-electron chi connectivity index (χ3n) is 1.74. The van der Waals surface area contributed by atoms with E-state index in [-0.39, 0.29) is 10.8 Å². The molecule has 0 saturated carbocycles. The summed E-state index contributed by atoms with van der Waals surface area (Å²) in [5.41, 5.74) is 0. The molecule has 4 nitrogen and oxygen atoms in total. The molecule has 0 atom stereocenters. The van der Waals surface area contributed by atoms with E-state index < -0.39 is 9.05 Å². The highest BCUT2D eigenvalue weighted by molar-refractivity contribution is 8.13. The first kappa shape index (κ1) is 12.3. The van der Waals surface area contributed by atoms with E-state index in [9.17, 15) is 8.42 Å². The standard InChI is InChI=1S/C9H12ClNO3S/c1-2-3-7-14-9-8(15(10,12)13)5-4-6-11-9/h4-6H,2-3,7H2,1H3. The number of aromatic nitrogens is 1. The fourth-order valence-corrected chi connectivity index (χ4v) is 1.90. The van der Waals surface area contributed by atoms with E-state index in [1.807, 2.05) is 6.92 Å². The number of ether oxygens (including phenoxy) is 1. The van der Waals surface area contributed by atoms with Gasteiger partial charge in [-0.2, -0.15) is 0 Å². The number of halogens is 1. The van der Waals surface area contributed by atoms with Gasteiger partial charge < -0.3 is 4.74 Å². The first-order chi connectivity index (χ1) is 7.05. The summed E-state index contributed by atoms with van der Waals surface area (Å²) in [5, 5.41) is 0. The number of hydrogen-bond acceptors (Lipinski definition) is 4. The van der Waals surface area contributed by atoms with Gasteiger partial charge in [0.25, 0.3) is 9.05 Å². The van der Waals surface area contributed by atoms with E-state index in [4.69, 9.17) is 15.4 Å². The zero-order chi connectivity index (χ0) is 11.3. The van der Waals surface area contributed by atoms with Gasteiger partial charge in [0.2, 0.25) is 5.88 Å². The zero-order valence-corrected chi connectivity index (χ0v) is 9.88. The van der Waals surface area contributed by atoms with Crippen LogP contribution in [0, 0.1) is 0 Å². The summed E-state index contributed by atoms with van der Waals surface area (Å²) in [4.78, 5) is 3.75. The number of pyridine rings is 1. The molecule has 0 saturated heterocycles. The summed E-state index contributed by atoms with van der Waals surface area (Å²) in [5.74, 6) is 0.0703. The highest BCUT2D eigenvalue weighted by Gasteiger charge is 2.17. The third-order valence-corrected chi connectivity index (χ3v) is 3.07. The molecular formula is C9H12ClNO3S. The van der Waals surface area contributed by atoms with Crippen molar-refractivity contribution in [3.63, 3.8) is 0 Å². The van der Waals surface area contributed by atoms with Crippen LogP contribution in [0.25, 0.3) is 0 Å². The minimum absolute atomic E-state index is 0.0703. The molecule has 0 amide bonds. The Morgan fingerprint density at radius 2 is 2.27 bits per heavy atom. The lowest BCUT2D eigenvalue weighted by Gasteiger charge is -2.06. The van der Waals surface area contributed by atoms with Crippen molar-refractivity contribution in [3.8, 4) is 5.88 Å². The summed E-state index contributed by atoms with van der Waals surface area (Å²) in [6, 6.07) is 2.87. The smallest absolute Gasteiger partial charge is 0.266 e. The van der Waals surface area contributed by atoms with Crippen molar-refractivity contribution in [1.29, 1.82) is 0 Å². The number of nitrogens with zero attached hydrogens (tertiary/aromatic N) is 1. The molecule has 0 aliphatic rings. The summed E-state index contributed by atoms with van der Waals surface area (Å²) < 4.78 is 27.5. The van der Waals surface area contributed by atoms with Crippen LogP contribution < -0.4 is 4.74 Å². The maximum Gasteiger partial charge on any atom is 0.266 e. The molecule has 0 N–H and O–H groups in total. The molecule has 0 spiro atoms. The molecule has 1 heterocycles. The highest BCUT2D eigenvalue weighted by Crippen LogP contribution is 2.23. The topological polar surface area (TPSA) is 56.3 Å². The molecule has 1 aromatic heterocycles. The number of hydrogen-bond donors (Lipinski definition) is 0. The van der Waals surface area contributed by atoms with Gasteiger partial charge in [0.15, 0.2) is 0 Å². The largest absolute Gasteiger partial charge is 0.477 e. The predicted octanol–water partition coefficient (Wildman–Crippen LogP) is 2.19. The van der Waals surface area contributed by atoms with Crippen LogP contribution in [0.2, 0.25) is 0 Å². The zero-order valence-electron chi connectivity index (χ0n) is 8.31. The minimum atomic E-state index is -3.79. The molecule has 0 unspecified atom stereocenters. The normalized spacial score (nSPS) is 11.3. The SMILES string of the molecule is CCCCOc1ncccc1S(=O)(=O)Cl. The van der Waals surface area contributed by atoms with Gasteiger partial charge in [0.05, 0.1) is 6.61 Å². The van der Waals surface area contributed by atoms with E-state index in [0.717, 1.165) is 12.8 Å². The molecule has 6 heteroatoms. The quantitative estimate of drug-likeness (QED) is 0.593. The average Bonchev–Trinajstić information content (AvgIpc) is 2.17. The van der Waals surface area contributed by atoms with Crippen molar-refractivity contribution in [2.24, 2.45) is 0 Å². The van der Waals surface area contributed by atoms with Crippen molar-refractivity contribution < 1.29 is 13.2 Å². The van der Waals surface area contributed by atoms with E-state index in [1.54, 1.807) is 0 Å². The van der Waals surface area contributed by atoms with Gasteiger partial charge in [-0.15, -0.1) is 0 Å². The monoisotopic (exact) mass is 249 g/mol. The predicted molar refractivity (Wildman–Crippen MR) is 57.7 cm³/mol. The van der Waals surface area contributed by atoms with Gasteiger partial charge in [-0.05, 0) is 18.6 Å². The van der Waals surface area contributed by atoms with Crippen molar-refractivity contribution in [1.82, 2.24) is 4.98 Å². The Bertz CT molecular complexity index is 419. The van der Waals surface area contributed by atoms with Crippen molar-refractivity contribution in [3.05, 3.63) is 18.3 Å². The van der Waals surface area contributed by atoms with Crippen LogP contribution in [0.3, 0.4) is 0 Å². The molecule has 0 fully saturated rings. The molecule has 0 aliphatic carbocycles. The Hall–Kier alpha value is -0.810. The second kappa shape index (κ2) is 5.32. The summed E-state index contributed by atoms with van der Waals surface area (Å²) in [6.45, 7) is 2.45. The summed E-state index contributed by atoms with van der Waals surface area (Å²) in [6.07, 6.45) is 3.28. The first-order valence-electron chi connectivity index (χ1n) is 4.58. The van der Waals surface area contributed by atoms with E-state index in [0.29, 0.717) is 6.61 Å². The lowest BCUT2D eigenvalue weighted by Crippen LogP contribution is -2.03. The number of rotatable bonds is 5. The Balaban J connectivity index is 2.88. The average molecular weight is 250 g/mol. The molecule has 1 rings (SSSR count). The van der Waals surface area contributed by atoms with Crippen molar-refractivity contribution in [2.75, 3.05) is 6.61 Å². The van der Waals surface area contributed by atoms with Crippen LogP contribution >= 0.6 is 10.7 Å². The highest BCUT2D eigenvalue weighted by atomic mass is 35.7. The van der Waals surface area contributed by atoms with Gasteiger partial charge >= 0.3 is 0 Å². The molecule has 0 radical (unpaired) electrons. The van der Waals surface area contributed by atoms with Crippen LogP contribution in [-0.4, -0.2) is 20.0 Å².